The molecule has 6 N–H and O–H groups in total. The summed E-state index contributed by atoms with van der Waals surface area (Å²) in [4.78, 5) is 24.2. The number of nitrogens with zero attached hydrogens (tertiary/aromatic N) is 4. The molecule has 3 heterocycles. The molecule has 2 amide bonds. The third kappa shape index (κ3) is 5.66. The number of hydrogen-bond acceptors (Lipinski definition) is 9. The lowest BCUT2D eigenvalue weighted by atomic mass is 10.1. The van der Waals surface area contributed by atoms with Crippen LogP contribution < -0.4 is 16.4 Å². The number of carbonyl (C=O) groups excluding carboxylic acids is 1. The number of urea groups is 1. The van der Waals surface area contributed by atoms with Crippen LogP contribution in [0.5, 0.6) is 0 Å². The highest BCUT2D eigenvalue weighted by Crippen LogP contribution is 2.33. The second-order valence-electron chi connectivity index (χ2n) is 7.45. The molecule has 1 aliphatic rings. The van der Waals surface area contributed by atoms with E-state index in [9.17, 15) is 15.0 Å². The highest BCUT2D eigenvalue weighted by atomic mass is 127. The Kier molecular flexibility index (Phi) is 7.85. The molecule has 3 aromatic rings. The Balaban J connectivity index is 1.19. The first-order valence-corrected chi connectivity index (χ1v) is 12.5. The molecule has 1 saturated heterocycles. The molecule has 0 aliphatic carbocycles. The third-order valence-electron chi connectivity index (χ3n) is 5.13. The molecule has 1 aromatic carbocycles. The normalized spacial score (nSPS) is 22.5. The van der Waals surface area contributed by atoms with Gasteiger partial charge >= 0.3 is 6.03 Å². The number of aromatic nitrogens is 4. The number of aliphatic hydroxyl groups is 2. The minimum atomic E-state index is -1.13. The predicted octanol–water partition coefficient (Wildman–Crippen LogP) is 1.58. The molecule has 33 heavy (non-hydrogen) atoms. The summed E-state index contributed by atoms with van der Waals surface area (Å²) in [5.74, 6) is 1.49. The maximum Gasteiger partial charge on any atom is 0.319 e. The number of fused-ring (bicyclic) bond motifs is 1. The van der Waals surface area contributed by atoms with Crippen LogP contribution in [0.4, 0.5) is 16.3 Å². The van der Waals surface area contributed by atoms with Gasteiger partial charge in [-0.1, -0.05) is 0 Å². The van der Waals surface area contributed by atoms with Crippen LogP contribution >= 0.6 is 34.4 Å². The van der Waals surface area contributed by atoms with Gasteiger partial charge in [0.15, 0.2) is 17.7 Å². The number of amides is 2. The van der Waals surface area contributed by atoms with E-state index in [-0.39, 0.29) is 11.8 Å². The summed E-state index contributed by atoms with van der Waals surface area (Å²) in [7, 11) is 0. The minimum Gasteiger partial charge on any atom is -0.387 e. The standard InChI is InChI=1S/C20H24IN7O4S/c21-11-2-4-12(5-3-11)27-20(31)23-6-1-7-33-8-13-15(29)16(30)19(32-13)28-10-26-14-17(22)24-9-25-18(14)28/h2-5,9-10,13,15-16,19,29-30H,1,6-8H2,(H2,22,24,25)(H2,23,27,31)/t13-,15-,16-,19-/m1/s1. The lowest BCUT2D eigenvalue weighted by molar-refractivity contribution is -0.0289. The minimum absolute atomic E-state index is 0.236. The number of carbonyl (C=O) groups is 1. The quantitative estimate of drug-likeness (QED) is 0.195. The van der Waals surface area contributed by atoms with Crippen LogP contribution in [0.2, 0.25) is 0 Å². The number of aliphatic hydroxyl groups excluding tert-OH is 2. The fraction of sp³-hybridized carbons (Fsp3) is 0.400. The van der Waals surface area contributed by atoms with E-state index in [1.807, 2.05) is 24.3 Å². The van der Waals surface area contributed by atoms with Crippen molar-refractivity contribution in [1.29, 1.82) is 0 Å². The molecule has 4 atom stereocenters. The Labute approximate surface area is 207 Å². The van der Waals surface area contributed by atoms with Crippen molar-refractivity contribution in [3.8, 4) is 0 Å². The molecule has 2 aromatic heterocycles. The molecule has 0 saturated carbocycles. The average molecular weight is 585 g/mol. The summed E-state index contributed by atoms with van der Waals surface area (Å²) in [6, 6.07) is 7.29. The van der Waals surface area contributed by atoms with Crippen molar-refractivity contribution < 1.29 is 19.7 Å². The first-order valence-electron chi connectivity index (χ1n) is 10.3. The van der Waals surface area contributed by atoms with Crippen LogP contribution in [0.1, 0.15) is 12.6 Å². The number of nitrogens with one attached hydrogen (secondary N) is 2. The average Bonchev–Trinajstić information content (AvgIpc) is 3.35. The van der Waals surface area contributed by atoms with E-state index in [1.165, 1.54) is 12.7 Å². The van der Waals surface area contributed by atoms with Gasteiger partial charge in [-0.05, 0) is 59.0 Å². The molecule has 1 aliphatic heterocycles. The fourth-order valence-corrected chi connectivity index (χ4v) is 4.82. The van der Waals surface area contributed by atoms with Gasteiger partial charge in [0.25, 0.3) is 0 Å². The summed E-state index contributed by atoms with van der Waals surface area (Å²) >= 11 is 3.79. The second-order valence-corrected chi connectivity index (χ2v) is 9.84. The van der Waals surface area contributed by atoms with E-state index in [4.69, 9.17) is 10.5 Å². The van der Waals surface area contributed by atoms with Crippen LogP contribution in [0.15, 0.2) is 36.9 Å². The van der Waals surface area contributed by atoms with Crippen molar-refractivity contribution in [1.82, 2.24) is 24.8 Å². The van der Waals surface area contributed by atoms with Gasteiger partial charge in [0, 0.05) is 21.6 Å². The van der Waals surface area contributed by atoms with E-state index in [2.05, 4.69) is 48.2 Å². The third-order valence-corrected chi connectivity index (χ3v) is 6.99. The van der Waals surface area contributed by atoms with E-state index in [0.717, 1.165) is 21.4 Å². The van der Waals surface area contributed by atoms with E-state index >= 15 is 0 Å². The number of thioether (sulfide) groups is 1. The van der Waals surface area contributed by atoms with Crippen LogP contribution in [0, 0.1) is 3.57 Å². The Hall–Kier alpha value is -2.20. The predicted molar refractivity (Wildman–Crippen MR) is 134 cm³/mol. The van der Waals surface area contributed by atoms with Crippen molar-refractivity contribution in [3.05, 3.63) is 40.5 Å². The van der Waals surface area contributed by atoms with Gasteiger partial charge in [-0.2, -0.15) is 11.8 Å². The second kappa shape index (κ2) is 10.8. The Bertz CT molecular complexity index is 1100. The topological polar surface area (TPSA) is 160 Å². The van der Waals surface area contributed by atoms with E-state index in [0.29, 0.717) is 23.5 Å². The summed E-state index contributed by atoms with van der Waals surface area (Å²) < 4.78 is 8.58. The summed E-state index contributed by atoms with van der Waals surface area (Å²) in [5.41, 5.74) is 7.40. The molecule has 13 heteroatoms. The number of rotatable bonds is 8. The van der Waals surface area contributed by atoms with Crippen LogP contribution in [0.3, 0.4) is 0 Å². The van der Waals surface area contributed by atoms with Crippen LogP contribution in [-0.2, 0) is 4.74 Å². The zero-order valence-electron chi connectivity index (χ0n) is 17.5. The zero-order chi connectivity index (χ0) is 23.4. The maximum atomic E-state index is 11.9. The molecular formula is C20H24IN7O4S. The molecule has 176 valence electrons. The summed E-state index contributed by atoms with van der Waals surface area (Å²) in [5, 5.41) is 26.5. The van der Waals surface area contributed by atoms with Gasteiger partial charge < -0.3 is 31.3 Å². The number of anilines is 2. The molecule has 0 unspecified atom stereocenters. The van der Waals surface area contributed by atoms with Crippen molar-refractivity contribution in [2.24, 2.45) is 0 Å². The van der Waals surface area contributed by atoms with E-state index in [1.54, 1.807) is 16.3 Å². The highest BCUT2D eigenvalue weighted by molar-refractivity contribution is 14.1. The van der Waals surface area contributed by atoms with Crippen LogP contribution in [0.25, 0.3) is 11.2 Å². The molecule has 1 fully saturated rings. The number of nitrogen functional groups attached to an aromatic ring is 1. The summed E-state index contributed by atoms with van der Waals surface area (Å²) in [6.07, 6.45) is -0.00993. The van der Waals surface area contributed by atoms with Crippen molar-refractivity contribution in [2.45, 2.75) is 31.0 Å². The van der Waals surface area contributed by atoms with E-state index < -0.39 is 24.5 Å². The smallest absolute Gasteiger partial charge is 0.319 e. The molecular weight excluding hydrogens is 561 g/mol. The lowest BCUT2D eigenvalue weighted by Crippen LogP contribution is -2.32. The molecule has 11 nitrogen and oxygen atoms in total. The Morgan fingerprint density at radius 1 is 1.21 bits per heavy atom. The molecule has 0 radical (unpaired) electrons. The van der Waals surface area contributed by atoms with Crippen molar-refractivity contribution in [3.63, 3.8) is 0 Å². The van der Waals surface area contributed by atoms with Gasteiger partial charge in [0.05, 0.1) is 12.4 Å². The SMILES string of the molecule is Nc1ncnc2c1ncn2[C@@H]1O[C@H](CSCCCNC(=O)Nc2ccc(I)cc2)[C@@H](O)[C@H]1O. The highest BCUT2D eigenvalue weighted by Gasteiger charge is 2.44. The van der Waals surface area contributed by atoms with Crippen LogP contribution in [-0.4, -0.2) is 72.1 Å². The van der Waals surface area contributed by atoms with Gasteiger partial charge in [0.1, 0.15) is 24.1 Å². The Morgan fingerprint density at radius 3 is 2.79 bits per heavy atom. The molecule has 0 spiro atoms. The van der Waals surface area contributed by atoms with Gasteiger partial charge in [-0.15, -0.1) is 0 Å². The number of nitrogens with two attached hydrogens (primary N) is 1. The zero-order valence-corrected chi connectivity index (χ0v) is 20.4. The number of hydrogen-bond donors (Lipinski definition) is 5. The Morgan fingerprint density at radius 2 is 2.00 bits per heavy atom. The molecule has 0 bridgehead atoms. The van der Waals surface area contributed by atoms with Crippen molar-refractivity contribution >= 4 is 63.1 Å². The van der Waals surface area contributed by atoms with Gasteiger partial charge in [0.2, 0.25) is 0 Å². The fourth-order valence-electron chi connectivity index (χ4n) is 3.44. The first-order chi connectivity index (χ1) is 15.9. The maximum absolute atomic E-state index is 11.9. The largest absolute Gasteiger partial charge is 0.387 e. The lowest BCUT2D eigenvalue weighted by Gasteiger charge is -2.16. The van der Waals surface area contributed by atoms with Crippen molar-refractivity contribution in [2.75, 3.05) is 29.1 Å². The number of halogens is 1. The summed E-state index contributed by atoms with van der Waals surface area (Å²) in [6.45, 7) is 0.519. The number of imidazole rings is 1. The first kappa shape index (κ1) is 23.9. The number of ether oxygens (including phenoxy) is 1. The van der Waals surface area contributed by atoms with Gasteiger partial charge in [-0.25, -0.2) is 19.7 Å². The van der Waals surface area contributed by atoms with Gasteiger partial charge in [-0.3, -0.25) is 4.57 Å². The monoisotopic (exact) mass is 585 g/mol. The number of benzene rings is 1. The molecule has 4 rings (SSSR count).